The predicted molar refractivity (Wildman–Crippen MR) is 96.4 cm³/mol. The van der Waals surface area contributed by atoms with Gasteiger partial charge in [-0.15, -0.1) is 4.28 Å². The van der Waals surface area contributed by atoms with Crippen LogP contribution in [0.15, 0.2) is 36.5 Å². The highest BCUT2D eigenvalue weighted by atomic mass is 32.3. The number of carbonyl (C=O) groups is 2. The molecule has 4 rings (SSSR count). The maximum Gasteiger partial charge on any atom is 0.418 e. The van der Waals surface area contributed by atoms with Crippen molar-refractivity contribution >= 4 is 22.4 Å². The molecule has 1 aromatic carbocycles. The molecule has 11 nitrogen and oxygen atoms in total. The second-order valence-electron chi connectivity index (χ2n) is 6.65. The lowest BCUT2D eigenvalue weighted by atomic mass is 9.98. The molecule has 3 heterocycles. The Morgan fingerprint density at radius 3 is 2.69 bits per heavy atom. The lowest BCUT2D eigenvalue weighted by molar-refractivity contribution is -0.146. The second kappa shape index (κ2) is 7.13. The van der Waals surface area contributed by atoms with E-state index in [0.29, 0.717) is 29.3 Å². The molecule has 0 saturated carbocycles. The van der Waals surface area contributed by atoms with Crippen molar-refractivity contribution < 1.29 is 31.6 Å². The number of esters is 1. The van der Waals surface area contributed by atoms with E-state index in [2.05, 4.69) is 9.38 Å². The van der Waals surface area contributed by atoms with Crippen LogP contribution in [0.4, 0.5) is 4.79 Å². The SMILES string of the molecule is COC(=O)C1c2c(cnn2CCc2ccccc2)C2CN1C(=O)N2OS(=O)(=O)O. The van der Waals surface area contributed by atoms with Crippen molar-refractivity contribution in [1.82, 2.24) is 19.7 Å². The highest BCUT2D eigenvalue weighted by Crippen LogP contribution is 2.44. The number of amides is 2. The van der Waals surface area contributed by atoms with E-state index in [1.807, 2.05) is 30.3 Å². The van der Waals surface area contributed by atoms with Gasteiger partial charge < -0.3 is 9.64 Å². The van der Waals surface area contributed by atoms with Gasteiger partial charge in [0.25, 0.3) is 0 Å². The number of nitrogens with zero attached hydrogens (tertiary/aromatic N) is 4. The molecule has 0 spiro atoms. The molecule has 0 radical (unpaired) electrons. The molecule has 12 heteroatoms. The Balaban J connectivity index is 1.72. The highest BCUT2D eigenvalue weighted by molar-refractivity contribution is 7.80. The number of hydrogen-bond donors (Lipinski definition) is 1. The summed E-state index contributed by atoms with van der Waals surface area (Å²) in [6, 6.07) is 6.86. The number of hydroxylamine groups is 2. The Kier molecular flexibility index (Phi) is 4.76. The second-order valence-corrected chi connectivity index (χ2v) is 7.65. The van der Waals surface area contributed by atoms with Gasteiger partial charge in [-0.1, -0.05) is 30.3 Å². The van der Waals surface area contributed by atoms with Gasteiger partial charge in [0.05, 0.1) is 25.5 Å². The zero-order chi connectivity index (χ0) is 20.8. The van der Waals surface area contributed by atoms with Crippen molar-refractivity contribution in [3.63, 3.8) is 0 Å². The lowest BCUT2D eigenvalue weighted by Crippen LogP contribution is -2.40. The largest absolute Gasteiger partial charge is 0.467 e. The molecule has 2 unspecified atom stereocenters. The van der Waals surface area contributed by atoms with Gasteiger partial charge >= 0.3 is 22.4 Å². The monoisotopic (exact) mass is 422 g/mol. The smallest absolute Gasteiger partial charge is 0.418 e. The summed E-state index contributed by atoms with van der Waals surface area (Å²) in [7, 11) is -3.73. The molecular weight excluding hydrogens is 404 g/mol. The van der Waals surface area contributed by atoms with Gasteiger partial charge in [0.2, 0.25) is 0 Å². The number of rotatable bonds is 6. The van der Waals surface area contributed by atoms with E-state index in [9.17, 15) is 18.0 Å². The number of ether oxygens (including phenoxy) is 1. The average molecular weight is 422 g/mol. The Morgan fingerprint density at radius 1 is 1.31 bits per heavy atom. The molecule has 0 aliphatic carbocycles. The van der Waals surface area contributed by atoms with Crippen molar-refractivity contribution in [2.45, 2.75) is 25.0 Å². The van der Waals surface area contributed by atoms with Crippen molar-refractivity contribution in [3.8, 4) is 0 Å². The summed E-state index contributed by atoms with van der Waals surface area (Å²) in [6.45, 7) is 0.423. The van der Waals surface area contributed by atoms with Crippen LogP contribution in [0.3, 0.4) is 0 Å². The number of aromatic nitrogens is 2. The van der Waals surface area contributed by atoms with E-state index in [1.165, 1.54) is 13.3 Å². The van der Waals surface area contributed by atoms with E-state index in [-0.39, 0.29) is 6.54 Å². The molecule has 29 heavy (non-hydrogen) atoms. The van der Waals surface area contributed by atoms with Crippen LogP contribution in [0.25, 0.3) is 0 Å². The number of urea groups is 1. The summed E-state index contributed by atoms with van der Waals surface area (Å²) in [6.07, 6.45) is 2.10. The standard InChI is InChI=1S/C17H18N4O7S/c1-27-16(22)15-14-12(9-18-20(14)8-7-11-5-3-2-4-6-11)13-10-19(15)17(23)21(13)28-29(24,25)26/h2-6,9,13,15H,7-8,10H2,1H3,(H,24,25,26). The lowest BCUT2D eigenvalue weighted by Gasteiger charge is -2.29. The van der Waals surface area contributed by atoms with Crippen molar-refractivity contribution in [2.24, 2.45) is 0 Å². The molecule has 2 aromatic rings. The topological polar surface area (TPSA) is 131 Å². The van der Waals surface area contributed by atoms with Crippen LogP contribution >= 0.6 is 0 Å². The van der Waals surface area contributed by atoms with Gasteiger partial charge in [0, 0.05) is 12.1 Å². The number of fused-ring (bicyclic) bond motifs is 4. The van der Waals surface area contributed by atoms with E-state index in [4.69, 9.17) is 9.29 Å². The number of hydrogen-bond acceptors (Lipinski definition) is 7. The normalized spacial score (nSPS) is 20.7. The minimum Gasteiger partial charge on any atom is -0.467 e. The molecule has 1 N–H and O–H groups in total. The third-order valence-corrected chi connectivity index (χ3v) is 5.33. The van der Waals surface area contributed by atoms with Gasteiger partial charge in [0.15, 0.2) is 6.04 Å². The maximum atomic E-state index is 12.7. The fraction of sp³-hybridized carbons (Fsp3) is 0.353. The van der Waals surface area contributed by atoms with Crippen molar-refractivity contribution in [1.29, 1.82) is 0 Å². The van der Waals surface area contributed by atoms with Crippen LogP contribution in [-0.4, -0.2) is 58.4 Å². The third-order valence-electron chi connectivity index (χ3n) is 4.98. The predicted octanol–water partition coefficient (Wildman–Crippen LogP) is 0.867. The van der Waals surface area contributed by atoms with Crippen molar-refractivity contribution in [3.05, 3.63) is 53.3 Å². The third kappa shape index (κ3) is 3.45. The molecule has 2 aliphatic rings. The van der Waals surface area contributed by atoms with Crippen LogP contribution in [0.1, 0.15) is 28.9 Å². The van der Waals surface area contributed by atoms with Crippen molar-refractivity contribution in [2.75, 3.05) is 13.7 Å². The molecule has 2 amide bonds. The number of carbonyl (C=O) groups excluding carboxylic acids is 2. The molecule has 1 saturated heterocycles. The van der Waals surface area contributed by atoms with Gasteiger partial charge in [-0.05, 0) is 12.0 Å². The number of benzene rings is 1. The van der Waals surface area contributed by atoms with Crippen LogP contribution in [0.5, 0.6) is 0 Å². The maximum absolute atomic E-state index is 12.7. The molecule has 1 fully saturated rings. The average Bonchev–Trinajstić information content (AvgIpc) is 3.22. The minimum absolute atomic E-state index is 0.00843. The van der Waals surface area contributed by atoms with Crippen LogP contribution in [0.2, 0.25) is 0 Å². The summed E-state index contributed by atoms with van der Waals surface area (Å²) < 4.78 is 42.3. The summed E-state index contributed by atoms with van der Waals surface area (Å²) in [5.41, 5.74) is 1.95. The van der Waals surface area contributed by atoms with Crippen LogP contribution in [-0.2, 0) is 37.2 Å². The van der Waals surface area contributed by atoms with Gasteiger partial charge in [-0.2, -0.15) is 18.6 Å². The number of aryl methyl sites for hydroxylation is 2. The molecule has 1 aromatic heterocycles. The fourth-order valence-corrected chi connectivity index (χ4v) is 4.12. The highest BCUT2D eigenvalue weighted by Gasteiger charge is 2.54. The van der Waals surface area contributed by atoms with Gasteiger partial charge in [0.1, 0.15) is 6.04 Å². The first kappa shape index (κ1) is 19.4. The van der Waals surface area contributed by atoms with E-state index in [0.717, 1.165) is 10.5 Å². The van der Waals surface area contributed by atoms with E-state index < -0.39 is 34.5 Å². The van der Waals surface area contributed by atoms with Gasteiger partial charge in [-0.25, -0.2) is 9.59 Å². The first-order chi connectivity index (χ1) is 13.8. The summed E-state index contributed by atoms with van der Waals surface area (Å²) >= 11 is 0. The first-order valence-electron chi connectivity index (χ1n) is 8.74. The Morgan fingerprint density at radius 2 is 2.03 bits per heavy atom. The molecule has 154 valence electrons. The quantitative estimate of drug-likeness (QED) is 0.536. The zero-order valence-corrected chi connectivity index (χ0v) is 16.2. The van der Waals surface area contributed by atoms with E-state index >= 15 is 0 Å². The van der Waals surface area contributed by atoms with Gasteiger partial charge in [-0.3, -0.25) is 9.23 Å². The zero-order valence-electron chi connectivity index (χ0n) is 15.3. The molecule has 2 aliphatic heterocycles. The van der Waals surface area contributed by atoms with Crippen LogP contribution < -0.4 is 0 Å². The fourth-order valence-electron chi connectivity index (χ4n) is 3.75. The Labute approximate surface area is 166 Å². The summed E-state index contributed by atoms with van der Waals surface area (Å²) in [4.78, 5) is 26.3. The van der Waals surface area contributed by atoms with Crippen LogP contribution in [0, 0.1) is 0 Å². The number of methoxy groups -OCH3 is 1. The molecule has 2 atom stereocenters. The Bertz CT molecular complexity index is 1050. The minimum atomic E-state index is -4.93. The Hall–Kier alpha value is -2.96. The molecule has 2 bridgehead atoms. The first-order valence-corrected chi connectivity index (χ1v) is 10.1. The summed E-state index contributed by atoms with van der Waals surface area (Å²) in [5, 5.41) is 4.87. The summed E-state index contributed by atoms with van der Waals surface area (Å²) in [5.74, 6) is -0.687. The molecular formula is C17H18N4O7S. The van der Waals surface area contributed by atoms with E-state index in [1.54, 1.807) is 4.68 Å².